The second-order valence-electron chi connectivity index (χ2n) is 10.2. The summed E-state index contributed by atoms with van der Waals surface area (Å²) in [6.45, 7) is 3.61. The number of halogens is 1. The van der Waals surface area contributed by atoms with Crippen molar-refractivity contribution in [1.82, 2.24) is 4.90 Å². The number of allylic oxidation sites excluding steroid dienone is 2. The average Bonchev–Trinajstić information content (AvgIpc) is 3.25. The minimum Gasteiger partial charge on any atom is -0.480 e. The van der Waals surface area contributed by atoms with Crippen LogP contribution < -0.4 is 5.73 Å². The van der Waals surface area contributed by atoms with E-state index in [1.54, 1.807) is 13.8 Å². The molecule has 3 aliphatic rings. The van der Waals surface area contributed by atoms with E-state index >= 15 is 0 Å². The summed E-state index contributed by atoms with van der Waals surface area (Å²) >= 11 is 3.70. The zero-order chi connectivity index (χ0) is 26.0. The van der Waals surface area contributed by atoms with Gasteiger partial charge in [0.15, 0.2) is 5.78 Å². The minimum atomic E-state index is -1.44. The lowest BCUT2D eigenvalue weighted by atomic mass is 9.63. The summed E-state index contributed by atoms with van der Waals surface area (Å²) < 4.78 is -1.44. The van der Waals surface area contributed by atoms with Crippen molar-refractivity contribution in [2.45, 2.75) is 37.1 Å². The fourth-order valence-corrected chi connectivity index (χ4v) is 7.91. The molecule has 0 aromatic heterocycles. The molecular formula is C28H27BrN2O5. The molecule has 8 heteroatoms. The molecule has 2 aromatic carbocycles. The average molecular weight is 551 g/mol. The van der Waals surface area contributed by atoms with Crippen molar-refractivity contribution in [1.29, 1.82) is 0 Å². The summed E-state index contributed by atoms with van der Waals surface area (Å²) in [5, 5.41) is 9.08. The Bertz CT molecular complexity index is 1330. The number of ketones is 1. The molecule has 1 saturated carbocycles. The molecule has 2 amide bonds. The SMILES string of the molecule is CC12C(=O)C(C)(C(c3ccccc3)=C1c1ccccc1)C1(Br)C(=O)N(CCC[C@H](N)C(=O)O)C(=O)C21. The van der Waals surface area contributed by atoms with Gasteiger partial charge in [-0.1, -0.05) is 76.6 Å². The molecule has 3 N–H and O–H groups in total. The predicted molar refractivity (Wildman–Crippen MR) is 138 cm³/mol. The minimum absolute atomic E-state index is 0.0458. The molecule has 2 aliphatic carbocycles. The molecule has 186 valence electrons. The molecule has 2 fully saturated rings. The molecule has 5 atom stereocenters. The van der Waals surface area contributed by atoms with E-state index in [4.69, 9.17) is 10.8 Å². The number of nitrogens with zero attached hydrogens (tertiary/aromatic N) is 1. The third-order valence-corrected chi connectivity index (χ3v) is 9.90. The van der Waals surface area contributed by atoms with Crippen LogP contribution in [-0.4, -0.2) is 50.5 Å². The molecule has 5 rings (SSSR count). The Labute approximate surface area is 217 Å². The van der Waals surface area contributed by atoms with E-state index < -0.39 is 44.9 Å². The van der Waals surface area contributed by atoms with Crippen LogP contribution in [0.1, 0.15) is 37.8 Å². The Hall–Kier alpha value is -3.10. The van der Waals surface area contributed by atoms with Crippen molar-refractivity contribution >= 4 is 50.6 Å². The maximum atomic E-state index is 14.3. The summed E-state index contributed by atoms with van der Waals surface area (Å²) in [7, 11) is 0. The largest absolute Gasteiger partial charge is 0.480 e. The summed E-state index contributed by atoms with van der Waals surface area (Å²) in [6.07, 6.45) is 0.384. The molecule has 2 bridgehead atoms. The van der Waals surface area contributed by atoms with Gasteiger partial charge in [0, 0.05) is 6.54 Å². The zero-order valence-corrected chi connectivity index (χ0v) is 21.6. The van der Waals surface area contributed by atoms with E-state index in [1.807, 2.05) is 60.7 Å². The van der Waals surface area contributed by atoms with Crippen LogP contribution in [0.5, 0.6) is 0 Å². The van der Waals surface area contributed by atoms with Gasteiger partial charge >= 0.3 is 5.97 Å². The third kappa shape index (κ3) is 2.88. The first kappa shape index (κ1) is 24.6. The van der Waals surface area contributed by atoms with Gasteiger partial charge in [0.05, 0.1) is 16.7 Å². The second kappa shape index (κ2) is 8.21. The summed E-state index contributed by atoms with van der Waals surface area (Å²) in [5.74, 6) is -3.08. The number of carboxylic acids is 1. The molecule has 1 aliphatic heterocycles. The van der Waals surface area contributed by atoms with Crippen molar-refractivity contribution in [3.05, 3.63) is 71.8 Å². The Morgan fingerprint density at radius 1 is 1.00 bits per heavy atom. The molecule has 36 heavy (non-hydrogen) atoms. The van der Waals surface area contributed by atoms with Crippen LogP contribution in [-0.2, 0) is 19.2 Å². The smallest absolute Gasteiger partial charge is 0.320 e. The number of imide groups is 1. The zero-order valence-electron chi connectivity index (χ0n) is 20.0. The standard InChI is InChI=1S/C28H27BrN2O5/c1-26-19(16-10-5-3-6-11-16)20(17-12-7-4-8-13-17)27(2,24(26)35)28(29)21(26)22(32)31(25(28)36)15-9-14-18(30)23(33)34/h3-8,10-13,18,21H,9,14-15,30H2,1-2H3,(H,33,34)/t18-,21?,26?,27?,28?/m0/s1. The number of benzene rings is 2. The van der Waals surface area contributed by atoms with Crippen LogP contribution in [0.25, 0.3) is 11.1 Å². The lowest BCUT2D eigenvalue weighted by Crippen LogP contribution is -2.50. The number of carbonyl (C=O) groups excluding carboxylic acids is 3. The molecule has 4 unspecified atom stereocenters. The quantitative estimate of drug-likeness (QED) is 0.402. The van der Waals surface area contributed by atoms with Gasteiger partial charge in [0.25, 0.3) is 0 Å². The van der Waals surface area contributed by atoms with Crippen molar-refractivity contribution in [2.75, 3.05) is 6.54 Å². The maximum absolute atomic E-state index is 14.3. The van der Waals surface area contributed by atoms with Gasteiger partial charge < -0.3 is 10.8 Å². The Morgan fingerprint density at radius 2 is 1.53 bits per heavy atom. The van der Waals surface area contributed by atoms with Gasteiger partial charge in [-0.25, -0.2) is 0 Å². The Morgan fingerprint density at radius 3 is 2.06 bits per heavy atom. The Balaban J connectivity index is 1.67. The number of fused-ring (bicyclic) bond motifs is 5. The van der Waals surface area contributed by atoms with Crippen LogP contribution in [0.15, 0.2) is 60.7 Å². The number of rotatable bonds is 7. The summed E-state index contributed by atoms with van der Waals surface area (Å²) in [4.78, 5) is 54.4. The first-order valence-electron chi connectivity index (χ1n) is 12.0. The van der Waals surface area contributed by atoms with E-state index in [-0.39, 0.29) is 25.2 Å². The topological polar surface area (TPSA) is 118 Å². The van der Waals surface area contributed by atoms with Gasteiger partial charge in [0.1, 0.15) is 10.4 Å². The number of hydrogen-bond donors (Lipinski definition) is 2. The number of likely N-dealkylation sites (tertiary alicyclic amines) is 1. The van der Waals surface area contributed by atoms with E-state index in [9.17, 15) is 19.2 Å². The van der Waals surface area contributed by atoms with Gasteiger partial charge in [0.2, 0.25) is 11.8 Å². The van der Waals surface area contributed by atoms with Crippen LogP contribution in [0.3, 0.4) is 0 Å². The first-order valence-corrected chi connectivity index (χ1v) is 12.8. The highest BCUT2D eigenvalue weighted by Gasteiger charge is 2.85. The number of amides is 2. The van der Waals surface area contributed by atoms with Gasteiger partial charge in [-0.3, -0.25) is 24.1 Å². The van der Waals surface area contributed by atoms with Gasteiger partial charge in [-0.15, -0.1) is 0 Å². The molecule has 0 radical (unpaired) electrons. The molecular weight excluding hydrogens is 524 g/mol. The number of nitrogens with two attached hydrogens (primary N) is 1. The highest BCUT2D eigenvalue weighted by Crippen LogP contribution is 2.77. The number of hydrogen-bond acceptors (Lipinski definition) is 5. The monoisotopic (exact) mass is 550 g/mol. The number of carboxylic acid groups (broad SMARTS) is 1. The van der Waals surface area contributed by atoms with Crippen molar-refractivity contribution < 1.29 is 24.3 Å². The number of carbonyl (C=O) groups is 4. The van der Waals surface area contributed by atoms with E-state index in [0.717, 1.165) is 22.3 Å². The van der Waals surface area contributed by atoms with E-state index in [0.29, 0.717) is 0 Å². The number of aliphatic carboxylic acids is 1. The van der Waals surface area contributed by atoms with Crippen molar-refractivity contribution in [2.24, 2.45) is 22.5 Å². The maximum Gasteiger partial charge on any atom is 0.320 e. The van der Waals surface area contributed by atoms with E-state index in [2.05, 4.69) is 15.9 Å². The normalized spacial score (nSPS) is 31.8. The second-order valence-corrected chi connectivity index (χ2v) is 11.4. The van der Waals surface area contributed by atoms with Crippen LogP contribution >= 0.6 is 15.9 Å². The molecule has 2 aromatic rings. The summed E-state index contributed by atoms with van der Waals surface area (Å²) in [5.41, 5.74) is 6.30. The van der Waals surface area contributed by atoms with Crippen LogP contribution in [0, 0.1) is 16.7 Å². The fourth-order valence-electron chi connectivity index (χ4n) is 6.66. The van der Waals surface area contributed by atoms with Crippen LogP contribution in [0.4, 0.5) is 0 Å². The number of Topliss-reactive ketones (excluding diaryl/α,β-unsaturated/α-hetero) is 1. The fraction of sp³-hybridized carbons (Fsp3) is 0.357. The lowest BCUT2D eigenvalue weighted by Gasteiger charge is -2.41. The number of alkyl halides is 1. The predicted octanol–water partition coefficient (Wildman–Crippen LogP) is 3.52. The van der Waals surface area contributed by atoms with Crippen molar-refractivity contribution in [3.8, 4) is 0 Å². The lowest BCUT2D eigenvalue weighted by molar-refractivity contribution is -0.144. The highest BCUT2D eigenvalue weighted by molar-refractivity contribution is 9.10. The van der Waals surface area contributed by atoms with Crippen LogP contribution in [0.2, 0.25) is 0 Å². The molecule has 0 spiro atoms. The molecule has 1 heterocycles. The molecule has 1 saturated heterocycles. The third-order valence-electron chi connectivity index (χ3n) is 8.31. The van der Waals surface area contributed by atoms with Crippen molar-refractivity contribution in [3.63, 3.8) is 0 Å². The van der Waals surface area contributed by atoms with Gasteiger partial charge in [-0.05, 0) is 49.0 Å². The first-order chi connectivity index (χ1) is 17.0. The summed E-state index contributed by atoms with van der Waals surface area (Å²) in [6, 6.07) is 18.0. The van der Waals surface area contributed by atoms with E-state index in [1.165, 1.54) is 4.90 Å². The molecule has 7 nitrogen and oxygen atoms in total. The Kier molecular flexibility index (Phi) is 5.61. The highest BCUT2D eigenvalue weighted by atomic mass is 79.9. The van der Waals surface area contributed by atoms with Gasteiger partial charge in [-0.2, -0.15) is 0 Å².